The van der Waals surface area contributed by atoms with Crippen LogP contribution in [0.3, 0.4) is 0 Å². The number of amides is 1. The minimum atomic E-state index is -0.365. The predicted molar refractivity (Wildman–Crippen MR) is 97.0 cm³/mol. The van der Waals surface area contributed by atoms with Crippen LogP contribution in [0.5, 0.6) is 5.75 Å². The standard InChI is InChI=1S/C16H11Cl3N4O2/c17-11-6-13(19)14(7-12(11)18)25-9-16(24)22-10-2-3-15(20-8-10)23-5-1-4-21-23/h1-8H,9H2,(H,22,24). The van der Waals surface area contributed by atoms with E-state index in [2.05, 4.69) is 15.4 Å². The number of pyridine rings is 1. The summed E-state index contributed by atoms with van der Waals surface area (Å²) in [6.07, 6.45) is 4.96. The number of hydrogen-bond acceptors (Lipinski definition) is 4. The molecule has 0 unspecified atom stereocenters. The van der Waals surface area contributed by atoms with Gasteiger partial charge in [-0.2, -0.15) is 5.10 Å². The van der Waals surface area contributed by atoms with Gasteiger partial charge in [0.25, 0.3) is 5.91 Å². The first-order valence-corrected chi connectivity index (χ1v) is 8.19. The number of benzene rings is 1. The van der Waals surface area contributed by atoms with Crippen LogP contribution in [0.4, 0.5) is 5.69 Å². The van der Waals surface area contributed by atoms with Gasteiger partial charge in [0.05, 0.1) is 27.0 Å². The van der Waals surface area contributed by atoms with Gasteiger partial charge in [-0.1, -0.05) is 34.8 Å². The fourth-order valence-corrected chi connectivity index (χ4v) is 2.55. The van der Waals surface area contributed by atoms with E-state index in [9.17, 15) is 4.79 Å². The number of carbonyl (C=O) groups excluding carboxylic acids is 1. The van der Waals surface area contributed by atoms with Gasteiger partial charge in [-0.3, -0.25) is 4.79 Å². The molecule has 1 N–H and O–H groups in total. The van der Waals surface area contributed by atoms with Crippen molar-refractivity contribution in [3.8, 4) is 11.6 Å². The third kappa shape index (κ3) is 4.42. The molecule has 0 atom stereocenters. The fraction of sp³-hybridized carbons (Fsp3) is 0.0625. The van der Waals surface area contributed by atoms with E-state index in [1.807, 2.05) is 0 Å². The molecule has 6 nitrogen and oxygen atoms in total. The quantitative estimate of drug-likeness (QED) is 0.654. The second kappa shape index (κ2) is 7.74. The molecule has 9 heteroatoms. The smallest absolute Gasteiger partial charge is 0.262 e. The Morgan fingerprint density at radius 1 is 1.16 bits per heavy atom. The Bertz CT molecular complexity index is 883. The van der Waals surface area contributed by atoms with Crippen LogP contribution in [-0.2, 0) is 4.79 Å². The Balaban J connectivity index is 1.58. The lowest BCUT2D eigenvalue weighted by Gasteiger charge is -2.10. The molecule has 128 valence electrons. The van der Waals surface area contributed by atoms with Crippen molar-refractivity contribution in [3.63, 3.8) is 0 Å². The molecule has 1 aromatic carbocycles. The molecule has 0 saturated heterocycles. The average molecular weight is 398 g/mol. The number of nitrogens with zero attached hydrogens (tertiary/aromatic N) is 3. The zero-order valence-corrected chi connectivity index (χ0v) is 14.9. The van der Waals surface area contributed by atoms with Crippen molar-refractivity contribution in [2.24, 2.45) is 0 Å². The summed E-state index contributed by atoms with van der Waals surface area (Å²) in [5.74, 6) is 0.552. The average Bonchev–Trinajstić information content (AvgIpc) is 3.12. The third-order valence-electron chi connectivity index (χ3n) is 3.10. The van der Waals surface area contributed by atoms with Gasteiger partial charge in [-0.05, 0) is 24.3 Å². The number of halogens is 3. The predicted octanol–water partition coefficient (Wildman–Crippen LogP) is 4.25. The van der Waals surface area contributed by atoms with Crippen LogP contribution >= 0.6 is 34.8 Å². The summed E-state index contributed by atoms with van der Waals surface area (Å²) in [5.41, 5.74) is 0.532. The lowest BCUT2D eigenvalue weighted by atomic mass is 10.3. The Morgan fingerprint density at radius 3 is 2.64 bits per heavy atom. The Hall–Kier alpha value is -2.28. The molecule has 0 radical (unpaired) electrons. The molecular formula is C16H11Cl3N4O2. The highest BCUT2D eigenvalue weighted by atomic mass is 35.5. The molecule has 0 fully saturated rings. The second-order valence-electron chi connectivity index (χ2n) is 4.89. The maximum atomic E-state index is 12.0. The molecule has 0 spiro atoms. The second-order valence-corrected chi connectivity index (χ2v) is 6.11. The first-order valence-electron chi connectivity index (χ1n) is 7.06. The summed E-state index contributed by atoms with van der Waals surface area (Å²) >= 11 is 17.7. The molecule has 0 aliphatic carbocycles. The highest BCUT2D eigenvalue weighted by Crippen LogP contribution is 2.33. The first-order chi connectivity index (χ1) is 12.0. The van der Waals surface area contributed by atoms with Crippen LogP contribution in [0.2, 0.25) is 15.1 Å². The Kier molecular flexibility index (Phi) is 5.43. The lowest BCUT2D eigenvalue weighted by molar-refractivity contribution is -0.118. The molecule has 0 saturated carbocycles. The molecular weight excluding hydrogens is 387 g/mol. The molecule has 2 heterocycles. The summed E-state index contributed by atoms with van der Waals surface area (Å²) in [4.78, 5) is 16.2. The molecule has 0 aliphatic heterocycles. The van der Waals surface area contributed by atoms with Crippen molar-refractivity contribution in [1.82, 2.24) is 14.8 Å². The van der Waals surface area contributed by atoms with Crippen LogP contribution < -0.4 is 10.1 Å². The van der Waals surface area contributed by atoms with Crippen molar-refractivity contribution >= 4 is 46.4 Å². The number of ether oxygens (including phenoxy) is 1. The van der Waals surface area contributed by atoms with E-state index < -0.39 is 0 Å². The number of carbonyl (C=O) groups is 1. The van der Waals surface area contributed by atoms with Crippen molar-refractivity contribution in [3.05, 3.63) is 64.0 Å². The zero-order chi connectivity index (χ0) is 17.8. The van der Waals surface area contributed by atoms with E-state index in [0.29, 0.717) is 21.6 Å². The monoisotopic (exact) mass is 396 g/mol. The lowest BCUT2D eigenvalue weighted by Crippen LogP contribution is -2.20. The molecule has 3 aromatic rings. The fourth-order valence-electron chi connectivity index (χ4n) is 1.96. The third-order valence-corrected chi connectivity index (χ3v) is 4.12. The van der Waals surface area contributed by atoms with E-state index in [1.54, 1.807) is 35.3 Å². The van der Waals surface area contributed by atoms with Crippen LogP contribution in [-0.4, -0.2) is 27.3 Å². The summed E-state index contributed by atoms with van der Waals surface area (Å²) < 4.78 is 6.98. The molecule has 25 heavy (non-hydrogen) atoms. The molecule has 0 bridgehead atoms. The van der Waals surface area contributed by atoms with E-state index >= 15 is 0 Å². The van der Waals surface area contributed by atoms with Crippen LogP contribution in [0.25, 0.3) is 5.82 Å². The molecule has 3 rings (SSSR count). The largest absolute Gasteiger partial charge is 0.482 e. The number of nitrogens with one attached hydrogen (secondary N) is 1. The zero-order valence-electron chi connectivity index (χ0n) is 12.6. The van der Waals surface area contributed by atoms with Gasteiger partial charge in [0.15, 0.2) is 12.4 Å². The molecule has 1 amide bonds. The highest BCUT2D eigenvalue weighted by molar-refractivity contribution is 6.43. The van der Waals surface area contributed by atoms with E-state index in [0.717, 1.165) is 0 Å². The van der Waals surface area contributed by atoms with Crippen molar-refractivity contribution in [2.45, 2.75) is 0 Å². The van der Waals surface area contributed by atoms with Crippen molar-refractivity contribution in [2.75, 3.05) is 11.9 Å². The van der Waals surface area contributed by atoms with Gasteiger partial charge >= 0.3 is 0 Å². The number of anilines is 1. The molecule has 0 aliphatic rings. The number of hydrogen-bond donors (Lipinski definition) is 1. The maximum Gasteiger partial charge on any atom is 0.262 e. The van der Waals surface area contributed by atoms with Gasteiger partial charge in [0.1, 0.15) is 5.75 Å². The van der Waals surface area contributed by atoms with Crippen molar-refractivity contribution < 1.29 is 9.53 Å². The van der Waals surface area contributed by atoms with Crippen LogP contribution in [0, 0.1) is 0 Å². The molecule has 2 aromatic heterocycles. The Labute approximate surface area is 158 Å². The van der Waals surface area contributed by atoms with Gasteiger partial charge in [0.2, 0.25) is 0 Å². The normalized spacial score (nSPS) is 10.5. The van der Waals surface area contributed by atoms with Gasteiger partial charge < -0.3 is 10.1 Å². The topological polar surface area (TPSA) is 69.0 Å². The van der Waals surface area contributed by atoms with Gasteiger partial charge in [-0.25, -0.2) is 9.67 Å². The summed E-state index contributed by atoms with van der Waals surface area (Å²) in [6.45, 7) is -0.238. The summed E-state index contributed by atoms with van der Waals surface area (Å²) in [7, 11) is 0. The SMILES string of the molecule is O=C(COc1cc(Cl)c(Cl)cc1Cl)Nc1ccc(-n2cccn2)nc1. The van der Waals surface area contributed by atoms with Crippen LogP contribution in [0.1, 0.15) is 0 Å². The van der Waals surface area contributed by atoms with Gasteiger partial charge in [0, 0.05) is 18.5 Å². The van der Waals surface area contributed by atoms with E-state index in [4.69, 9.17) is 39.5 Å². The highest BCUT2D eigenvalue weighted by Gasteiger charge is 2.10. The number of rotatable bonds is 5. The van der Waals surface area contributed by atoms with E-state index in [-0.39, 0.29) is 23.3 Å². The summed E-state index contributed by atoms with van der Waals surface area (Å²) in [6, 6.07) is 8.16. The first kappa shape index (κ1) is 17.5. The van der Waals surface area contributed by atoms with Crippen molar-refractivity contribution in [1.29, 1.82) is 0 Å². The Morgan fingerprint density at radius 2 is 1.96 bits per heavy atom. The summed E-state index contributed by atoms with van der Waals surface area (Å²) in [5, 5.41) is 7.62. The van der Waals surface area contributed by atoms with Crippen LogP contribution in [0.15, 0.2) is 48.9 Å². The minimum absolute atomic E-state index is 0.238. The maximum absolute atomic E-state index is 12.0. The van der Waals surface area contributed by atoms with Gasteiger partial charge in [-0.15, -0.1) is 0 Å². The number of aromatic nitrogens is 3. The minimum Gasteiger partial charge on any atom is -0.482 e. The van der Waals surface area contributed by atoms with E-state index in [1.165, 1.54) is 18.3 Å².